The second-order valence-corrected chi connectivity index (χ2v) is 14.5. The summed E-state index contributed by atoms with van der Waals surface area (Å²) in [5, 5.41) is 6.24. The van der Waals surface area contributed by atoms with Crippen LogP contribution < -0.4 is 10.9 Å². The first kappa shape index (κ1) is 27.8. The molecule has 214 valence electrons. The Kier molecular flexibility index (Phi) is 6.11. The summed E-state index contributed by atoms with van der Waals surface area (Å²) >= 11 is 0. The maximum absolute atomic E-state index is 6.77. The molecule has 5 aromatic rings. The number of hydrogen-bond acceptors (Lipinski definition) is 6. The Bertz CT molecular complexity index is 1620. The summed E-state index contributed by atoms with van der Waals surface area (Å²) in [6.45, 7) is 17.2. The van der Waals surface area contributed by atoms with Crippen molar-refractivity contribution in [3.8, 4) is 0 Å². The fraction of sp³-hybridized carbons (Fsp3) is 0.412. The van der Waals surface area contributed by atoms with Crippen LogP contribution in [0.3, 0.4) is 0 Å². The predicted molar refractivity (Wildman–Crippen MR) is 173 cm³/mol. The van der Waals surface area contributed by atoms with Crippen LogP contribution >= 0.6 is 0 Å². The van der Waals surface area contributed by atoms with E-state index in [-0.39, 0.29) is 22.4 Å². The Morgan fingerprint density at radius 3 is 1.21 bits per heavy atom. The SMILES string of the molecule is CC1(C)CC(C)(C)OB(c2c3cc4cccnc4cc3c(B3OC(C)(C)CC(C)(C)O3)c3cc4cccnc4cc23)O1. The molecule has 0 radical (unpaired) electrons. The molecule has 2 aliphatic heterocycles. The molecule has 2 fully saturated rings. The molecule has 4 heterocycles. The lowest BCUT2D eigenvalue weighted by molar-refractivity contribution is -0.0724. The lowest BCUT2D eigenvalue weighted by atomic mass is 9.63. The topological polar surface area (TPSA) is 62.7 Å². The molecule has 42 heavy (non-hydrogen) atoms. The summed E-state index contributed by atoms with van der Waals surface area (Å²) in [6.07, 6.45) is 5.26. The van der Waals surface area contributed by atoms with Gasteiger partial charge in [0.15, 0.2) is 0 Å². The van der Waals surface area contributed by atoms with E-state index >= 15 is 0 Å². The van der Waals surface area contributed by atoms with Gasteiger partial charge in [-0.3, -0.25) is 9.97 Å². The zero-order valence-corrected chi connectivity index (χ0v) is 25.9. The normalized spacial score (nSPS) is 21.4. The molecule has 3 aromatic carbocycles. The minimum atomic E-state index is -0.584. The molecule has 0 saturated carbocycles. The van der Waals surface area contributed by atoms with Gasteiger partial charge in [-0.15, -0.1) is 0 Å². The van der Waals surface area contributed by atoms with Crippen LogP contribution in [0, 0.1) is 0 Å². The molecule has 0 unspecified atom stereocenters. The highest BCUT2D eigenvalue weighted by Crippen LogP contribution is 2.38. The standard InChI is InChI=1S/C34H38B2N2O4/c1-31(2)19-32(3,4)40-35(39-31)29-23-15-21-11-9-14-38-28(21)18-26(23)30(36-41-33(5,6)20-34(7,8)42-36)24-16-22-12-10-13-37-27(22)17-25(24)29/h9-18H,19-20H2,1-8H3. The highest BCUT2D eigenvalue weighted by atomic mass is 16.6. The minimum absolute atomic E-state index is 0.374. The van der Waals surface area contributed by atoms with Gasteiger partial charge >= 0.3 is 14.2 Å². The number of aromatic nitrogens is 2. The van der Waals surface area contributed by atoms with Crippen molar-refractivity contribution in [2.24, 2.45) is 0 Å². The molecule has 6 nitrogen and oxygen atoms in total. The number of hydrogen-bond donors (Lipinski definition) is 0. The van der Waals surface area contributed by atoms with Crippen LogP contribution in [-0.2, 0) is 18.6 Å². The zero-order valence-electron chi connectivity index (χ0n) is 25.9. The lowest BCUT2D eigenvalue weighted by Crippen LogP contribution is -2.58. The molecule has 8 heteroatoms. The van der Waals surface area contributed by atoms with Crippen LogP contribution in [0.5, 0.6) is 0 Å². The van der Waals surface area contributed by atoms with Crippen LogP contribution in [0.1, 0.15) is 68.2 Å². The van der Waals surface area contributed by atoms with E-state index in [9.17, 15) is 0 Å². The van der Waals surface area contributed by atoms with E-state index in [1.165, 1.54) is 0 Å². The molecule has 0 spiro atoms. The minimum Gasteiger partial charge on any atom is -0.402 e. The van der Waals surface area contributed by atoms with E-state index in [2.05, 4.69) is 91.8 Å². The van der Waals surface area contributed by atoms with Gasteiger partial charge in [-0.1, -0.05) is 12.1 Å². The number of benzene rings is 3. The van der Waals surface area contributed by atoms with Gasteiger partial charge < -0.3 is 18.6 Å². The van der Waals surface area contributed by atoms with E-state index in [1.54, 1.807) is 0 Å². The quantitative estimate of drug-likeness (QED) is 0.182. The number of rotatable bonds is 2. The highest BCUT2D eigenvalue weighted by molar-refractivity contribution is 6.73. The van der Waals surface area contributed by atoms with Crippen LogP contribution in [0.15, 0.2) is 60.9 Å². The summed E-state index contributed by atoms with van der Waals surface area (Å²) in [5.41, 5.74) is 2.33. The third-order valence-corrected chi connectivity index (χ3v) is 8.52. The summed E-state index contributed by atoms with van der Waals surface area (Å²) in [5.74, 6) is 0. The Morgan fingerprint density at radius 1 is 0.524 bits per heavy atom. The second kappa shape index (κ2) is 9.23. The largest absolute Gasteiger partial charge is 0.495 e. The zero-order chi connectivity index (χ0) is 29.7. The maximum atomic E-state index is 6.77. The smallest absolute Gasteiger partial charge is 0.402 e. The molecule has 0 N–H and O–H groups in total. The van der Waals surface area contributed by atoms with Crippen molar-refractivity contribution in [1.82, 2.24) is 9.97 Å². The molecular formula is C34H38B2N2O4. The molecule has 0 atom stereocenters. The second-order valence-electron chi connectivity index (χ2n) is 14.5. The Morgan fingerprint density at radius 2 is 0.857 bits per heavy atom. The van der Waals surface area contributed by atoms with E-state index in [4.69, 9.17) is 28.6 Å². The molecular weight excluding hydrogens is 522 g/mol. The first-order valence-corrected chi connectivity index (χ1v) is 14.9. The van der Waals surface area contributed by atoms with Crippen molar-refractivity contribution >= 4 is 68.5 Å². The molecule has 2 aliphatic rings. The number of pyridine rings is 2. The van der Waals surface area contributed by atoms with Crippen molar-refractivity contribution < 1.29 is 18.6 Å². The summed E-state index contributed by atoms with van der Waals surface area (Å²) in [4.78, 5) is 9.48. The first-order chi connectivity index (χ1) is 19.7. The molecule has 2 saturated heterocycles. The van der Waals surface area contributed by atoms with Crippen molar-refractivity contribution in [2.75, 3.05) is 0 Å². The van der Waals surface area contributed by atoms with Crippen molar-refractivity contribution in [3.05, 3.63) is 60.9 Å². The van der Waals surface area contributed by atoms with Gasteiger partial charge in [0.25, 0.3) is 0 Å². The van der Waals surface area contributed by atoms with Crippen molar-refractivity contribution in [3.63, 3.8) is 0 Å². The molecule has 2 aromatic heterocycles. The monoisotopic (exact) mass is 560 g/mol. The van der Waals surface area contributed by atoms with Gasteiger partial charge in [-0.25, -0.2) is 0 Å². The van der Waals surface area contributed by atoms with Crippen LogP contribution in [0.4, 0.5) is 0 Å². The van der Waals surface area contributed by atoms with Gasteiger partial charge in [0.2, 0.25) is 0 Å². The average Bonchev–Trinajstić information content (AvgIpc) is 2.85. The van der Waals surface area contributed by atoms with Gasteiger partial charge in [-0.05, 0) is 124 Å². The third-order valence-electron chi connectivity index (χ3n) is 8.52. The molecule has 7 rings (SSSR count). The van der Waals surface area contributed by atoms with Crippen molar-refractivity contribution in [1.29, 1.82) is 0 Å². The number of fused-ring (bicyclic) bond motifs is 4. The third kappa shape index (κ3) is 4.88. The first-order valence-electron chi connectivity index (χ1n) is 14.9. The fourth-order valence-corrected chi connectivity index (χ4v) is 7.59. The summed E-state index contributed by atoms with van der Waals surface area (Å²) in [7, 11) is -1.17. The van der Waals surface area contributed by atoms with Crippen molar-refractivity contribution in [2.45, 2.75) is 90.6 Å². The van der Waals surface area contributed by atoms with Gasteiger partial charge in [0.1, 0.15) is 0 Å². The summed E-state index contributed by atoms with van der Waals surface area (Å²) in [6, 6.07) is 17.0. The van der Waals surface area contributed by atoms with E-state index in [0.29, 0.717) is 0 Å². The van der Waals surface area contributed by atoms with E-state index in [0.717, 1.165) is 67.1 Å². The molecule has 0 aliphatic carbocycles. The van der Waals surface area contributed by atoms with Gasteiger partial charge in [0.05, 0.1) is 33.4 Å². The highest BCUT2D eigenvalue weighted by Gasteiger charge is 2.48. The summed E-state index contributed by atoms with van der Waals surface area (Å²) < 4.78 is 27.1. The van der Waals surface area contributed by atoms with Crippen LogP contribution in [0.25, 0.3) is 43.4 Å². The van der Waals surface area contributed by atoms with E-state index in [1.807, 2.05) is 24.5 Å². The molecule has 0 amide bonds. The molecule has 0 bridgehead atoms. The van der Waals surface area contributed by atoms with Gasteiger partial charge in [-0.2, -0.15) is 0 Å². The van der Waals surface area contributed by atoms with Crippen LogP contribution in [-0.4, -0.2) is 46.6 Å². The predicted octanol–water partition coefficient (Wildman–Crippen LogP) is 6.47. The lowest BCUT2D eigenvalue weighted by Gasteiger charge is -2.45. The Labute approximate surface area is 248 Å². The van der Waals surface area contributed by atoms with Gasteiger partial charge in [0, 0.05) is 36.0 Å². The number of nitrogens with zero attached hydrogens (tertiary/aromatic N) is 2. The average molecular weight is 560 g/mol. The van der Waals surface area contributed by atoms with E-state index < -0.39 is 14.2 Å². The maximum Gasteiger partial charge on any atom is 0.495 e. The Hall–Kier alpha value is -3.03. The fourth-order valence-electron chi connectivity index (χ4n) is 7.59. The Balaban J connectivity index is 1.64. The van der Waals surface area contributed by atoms with Crippen LogP contribution in [0.2, 0.25) is 0 Å².